The van der Waals surface area contributed by atoms with Crippen molar-refractivity contribution in [3.05, 3.63) is 48.0 Å². The van der Waals surface area contributed by atoms with Crippen LogP contribution in [0.2, 0.25) is 0 Å². The highest BCUT2D eigenvalue weighted by molar-refractivity contribution is 7.92. The first-order valence-corrected chi connectivity index (χ1v) is 9.99. The molecule has 0 radical (unpaired) electrons. The normalized spacial score (nSPS) is 11.1. The monoisotopic (exact) mass is 392 g/mol. The number of carbonyl (C=O) groups is 1. The van der Waals surface area contributed by atoms with E-state index >= 15 is 0 Å². The molecular weight excluding hydrogens is 368 g/mol. The summed E-state index contributed by atoms with van der Waals surface area (Å²) in [5.74, 6) is 0.678. The number of carbonyl (C=O) groups excluding carboxylic acids is 1. The largest absolute Gasteiger partial charge is 0.495 e. The van der Waals surface area contributed by atoms with Gasteiger partial charge in [-0.15, -0.1) is 0 Å². The van der Waals surface area contributed by atoms with Gasteiger partial charge in [0.25, 0.3) is 10.0 Å². The number of hydrogen-bond donors (Lipinski definition) is 2. The Labute approximate surface area is 159 Å². The molecule has 2 aromatic rings. The fourth-order valence-electron chi connectivity index (χ4n) is 2.38. The SMILES string of the molecule is CCOC(=O)Nc1cc(S(=O)(=O)Nc2ccc(C(C)C)cc2)ccc1OC. The summed E-state index contributed by atoms with van der Waals surface area (Å²) in [6.07, 6.45) is -0.692. The summed E-state index contributed by atoms with van der Waals surface area (Å²) >= 11 is 0. The maximum absolute atomic E-state index is 12.7. The first kappa shape index (κ1) is 20.6. The molecule has 1 amide bonds. The fourth-order valence-corrected chi connectivity index (χ4v) is 3.46. The number of anilines is 2. The van der Waals surface area contributed by atoms with E-state index in [9.17, 15) is 13.2 Å². The smallest absolute Gasteiger partial charge is 0.411 e. The van der Waals surface area contributed by atoms with Gasteiger partial charge in [0.1, 0.15) is 5.75 Å². The van der Waals surface area contributed by atoms with E-state index in [4.69, 9.17) is 9.47 Å². The Morgan fingerprint density at radius 1 is 1.11 bits per heavy atom. The lowest BCUT2D eigenvalue weighted by atomic mass is 10.0. The van der Waals surface area contributed by atoms with Crippen molar-refractivity contribution in [2.75, 3.05) is 23.8 Å². The van der Waals surface area contributed by atoms with Crippen LogP contribution in [0.15, 0.2) is 47.4 Å². The van der Waals surface area contributed by atoms with Crippen LogP contribution in [-0.4, -0.2) is 28.2 Å². The van der Waals surface area contributed by atoms with Gasteiger partial charge < -0.3 is 9.47 Å². The number of benzene rings is 2. The van der Waals surface area contributed by atoms with Crippen LogP contribution >= 0.6 is 0 Å². The van der Waals surface area contributed by atoms with Crippen molar-refractivity contribution >= 4 is 27.5 Å². The molecule has 0 heterocycles. The number of methoxy groups -OCH3 is 1. The Morgan fingerprint density at radius 3 is 2.33 bits per heavy atom. The molecule has 8 heteroatoms. The molecule has 0 bridgehead atoms. The van der Waals surface area contributed by atoms with E-state index in [-0.39, 0.29) is 17.2 Å². The van der Waals surface area contributed by atoms with Gasteiger partial charge in [-0.3, -0.25) is 10.0 Å². The van der Waals surface area contributed by atoms with Crippen molar-refractivity contribution < 1.29 is 22.7 Å². The van der Waals surface area contributed by atoms with Gasteiger partial charge in [-0.25, -0.2) is 13.2 Å². The minimum Gasteiger partial charge on any atom is -0.495 e. The summed E-state index contributed by atoms with van der Waals surface area (Å²) in [5.41, 5.74) is 1.77. The number of rotatable bonds is 7. The number of amides is 1. The summed E-state index contributed by atoms with van der Waals surface area (Å²) in [7, 11) is -2.41. The van der Waals surface area contributed by atoms with Gasteiger partial charge in [-0.2, -0.15) is 0 Å². The zero-order chi connectivity index (χ0) is 20.0. The average molecular weight is 392 g/mol. The van der Waals surface area contributed by atoms with Gasteiger partial charge in [-0.1, -0.05) is 26.0 Å². The molecule has 0 aliphatic carbocycles. The molecule has 0 saturated carbocycles. The van der Waals surface area contributed by atoms with Crippen LogP contribution in [-0.2, 0) is 14.8 Å². The fraction of sp³-hybridized carbons (Fsp3) is 0.316. The van der Waals surface area contributed by atoms with Crippen molar-refractivity contribution in [3.8, 4) is 5.75 Å². The third-order valence-electron chi connectivity index (χ3n) is 3.82. The van der Waals surface area contributed by atoms with Gasteiger partial charge in [-0.05, 0) is 48.7 Å². The summed E-state index contributed by atoms with van der Waals surface area (Å²) in [6.45, 7) is 6.00. The summed E-state index contributed by atoms with van der Waals surface area (Å²) in [4.78, 5) is 11.7. The van der Waals surface area contributed by atoms with Crippen LogP contribution in [0, 0.1) is 0 Å². The third kappa shape index (κ3) is 5.37. The van der Waals surface area contributed by atoms with Gasteiger partial charge in [0, 0.05) is 5.69 Å². The number of ether oxygens (including phenoxy) is 2. The Hall–Kier alpha value is -2.74. The molecule has 146 valence electrons. The molecule has 0 fully saturated rings. The lowest BCUT2D eigenvalue weighted by molar-refractivity contribution is 0.168. The van der Waals surface area contributed by atoms with Crippen LogP contribution < -0.4 is 14.8 Å². The minimum atomic E-state index is -3.84. The van der Waals surface area contributed by atoms with Gasteiger partial charge in [0.15, 0.2) is 0 Å². The number of sulfonamides is 1. The molecule has 27 heavy (non-hydrogen) atoms. The molecule has 0 aromatic heterocycles. The second kappa shape index (κ2) is 8.77. The molecule has 0 saturated heterocycles. The standard InChI is InChI=1S/C19H24N2O5S/c1-5-26-19(22)20-17-12-16(10-11-18(17)25-4)27(23,24)21-15-8-6-14(7-9-15)13(2)3/h6-13,21H,5H2,1-4H3,(H,20,22). The van der Waals surface area contributed by atoms with Gasteiger partial charge in [0.05, 0.1) is 24.3 Å². The van der Waals surface area contributed by atoms with Crippen molar-refractivity contribution in [2.24, 2.45) is 0 Å². The molecule has 0 unspecified atom stereocenters. The minimum absolute atomic E-state index is 0.0111. The maximum Gasteiger partial charge on any atom is 0.411 e. The average Bonchev–Trinajstić information content (AvgIpc) is 2.62. The lowest BCUT2D eigenvalue weighted by Gasteiger charge is -2.14. The Kier molecular flexibility index (Phi) is 6.68. The predicted molar refractivity (Wildman–Crippen MR) is 105 cm³/mol. The lowest BCUT2D eigenvalue weighted by Crippen LogP contribution is -2.16. The maximum atomic E-state index is 12.7. The highest BCUT2D eigenvalue weighted by Gasteiger charge is 2.18. The highest BCUT2D eigenvalue weighted by Crippen LogP contribution is 2.29. The topological polar surface area (TPSA) is 93.7 Å². The molecule has 0 aliphatic rings. The van der Waals surface area contributed by atoms with Crippen LogP contribution in [0.25, 0.3) is 0 Å². The number of hydrogen-bond acceptors (Lipinski definition) is 5. The van der Waals surface area contributed by atoms with Crippen molar-refractivity contribution in [1.29, 1.82) is 0 Å². The van der Waals surface area contributed by atoms with E-state index in [0.29, 0.717) is 17.4 Å². The molecule has 2 N–H and O–H groups in total. The van der Waals surface area contributed by atoms with E-state index in [0.717, 1.165) is 5.56 Å². The summed E-state index contributed by atoms with van der Waals surface area (Å²) in [6, 6.07) is 11.4. The zero-order valence-corrected chi connectivity index (χ0v) is 16.6. The molecule has 2 aromatic carbocycles. The van der Waals surface area contributed by atoms with Gasteiger partial charge >= 0.3 is 6.09 Å². The van der Waals surface area contributed by atoms with E-state index in [1.807, 2.05) is 12.1 Å². The second-order valence-electron chi connectivity index (χ2n) is 6.09. The van der Waals surface area contributed by atoms with E-state index in [1.165, 1.54) is 25.3 Å². The molecule has 0 spiro atoms. The molecule has 0 atom stereocenters. The summed E-state index contributed by atoms with van der Waals surface area (Å²) in [5, 5.41) is 2.48. The molecule has 7 nitrogen and oxygen atoms in total. The first-order chi connectivity index (χ1) is 12.8. The van der Waals surface area contributed by atoms with Crippen LogP contribution in [0.1, 0.15) is 32.3 Å². The highest BCUT2D eigenvalue weighted by atomic mass is 32.2. The first-order valence-electron chi connectivity index (χ1n) is 8.51. The predicted octanol–water partition coefficient (Wildman–Crippen LogP) is 4.19. The van der Waals surface area contributed by atoms with Gasteiger partial charge in [0.2, 0.25) is 0 Å². The molecule has 2 rings (SSSR count). The zero-order valence-electron chi connectivity index (χ0n) is 15.8. The van der Waals surface area contributed by atoms with Crippen LogP contribution in [0.3, 0.4) is 0 Å². The van der Waals surface area contributed by atoms with E-state index < -0.39 is 16.1 Å². The third-order valence-corrected chi connectivity index (χ3v) is 5.20. The van der Waals surface area contributed by atoms with Crippen LogP contribution in [0.5, 0.6) is 5.75 Å². The van der Waals surface area contributed by atoms with Crippen molar-refractivity contribution in [2.45, 2.75) is 31.6 Å². The van der Waals surface area contributed by atoms with E-state index in [1.54, 1.807) is 19.1 Å². The Balaban J connectivity index is 2.27. The van der Waals surface area contributed by atoms with E-state index in [2.05, 4.69) is 23.9 Å². The molecular formula is C19H24N2O5S. The van der Waals surface area contributed by atoms with Crippen molar-refractivity contribution in [1.82, 2.24) is 0 Å². The van der Waals surface area contributed by atoms with Crippen LogP contribution in [0.4, 0.5) is 16.2 Å². The Morgan fingerprint density at radius 2 is 1.78 bits per heavy atom. The number of nitrogens with one attached hydrogen (secondary N) is 2. The molecule has 0 aliphatic heterocycles. The second-order valence-corrected chi connectivity index (χ2v) is 7.77. The quantitative estimate of drug-likeness (QED) is 0.737. The Bertz CT molecular complexity index is 893. The van der Waals surface area contributed by atoms with Crippen molar-refractivity contribution in [3.63, 3.8) is 0 Å². The summed E-state index contributed by atoms with van der Waals surface area (Å²) < 4.78 is 37.9.